The summed E-state index contributed by atoms with van der Waals surface area (Å²) in [5.74, 6) is 1.10. The molecule has 1 unspecified atom stereocenters. The van der Waals surface area contributed by atoms with Gasteiger partial charge >= 0.3 is 34.6 Å². The predicted octanol–water partition coefficient (Wildman–Crippen LogP) is 4.98. The van der Waals surface area contributed by atoms with E-state index in [-0.39, 0.29) is 0 Å². The molecule has 1 atom stereocenters. The van der Waals surface area contributed by atoms with Crippen molar-refractivity contribution >= 4 is 29.0 Å². The molecule has 0 aromatic carbocycles. The van der Waals surface area contributed by atoms with Crippen LogP contribution in [0, 0.1) is 5.92 Å². The van der Waals surface area contributed by atoms with E-state index < -0.39 is 19.8 Å². The molecule has 1 aliphatic rings. The molecule has 91 valence electrons. The summed E-state index contributed by atoms with van der Waals surface area (Å²) in [4.78, 5) is 7.09. The summed E-state index contributed by atoms with van der Waals surface area (Å²) in [5, 5.41) is 0. The van der Waals surface area contributed by atoms with Gasteiger partial charge in [0.2, 0.25) is 0 Å². The van der Waals surface area contributed by atoms with Gasteiger partial charge in [-0.15, -0.1) is 9.24 Å². The monoisotopic (exact) mass is 337 g/mol. The number of hydrogen-bond acceptors (Lipinski definition) is 0. The molecule has 0 aromatic heterocycles. The first kappa shape index (κ1) is 16.2. The molecular formula is C13H30PSn. The van der Waals surface area contributed by atoms with E-state index >= 15 is 0 Å². The molecule has 0 saturated heterocycles. The molecule has 15 heavy (non-hydrogen) atoms. The van der Waals surface area contributed by atoms with Gasteiger partial charge in [-0.1, -0.05) is 44.9 Å². The van der Waals surface area contributed by atoms with Gasteiger partial charge in [-0.25, -0.2) is 0 Å². The van der Waals surface area contributed by atoms with E-state index in [4.69, 9.17) is 0 Å². The summed E-state index contributed by atoms with van der Waals surface area (Å²) in [6.45, 7) is 0. The van der Waals surface area contributed by atoms with Crippen LogP contribution in [-0.2, 0) is 0 Å². The van der Waals surface area contributed by atoms with Crippen LogP contribution in [0.1, 0.15) is 51.4 Å². The summed E-state index contributed by atoms with van der Waals surface area (Å²) in [6, 6.07) is 0. The summed E-state index contributed by atoms with van der Waals surface area (Å²) in [5.41, 5.74) is 0. The number of hydrogen-bond donors (Lipinski definition) is 0. The molecule has 0 nitrogen and oxygen atoms in total. The van der Waals surface area contributed by atoms with Crippen LogP contribution in [0.3, 0.4) is 0 Å². The van der Waals surface area contributed by atoms with Crippen LogP contribution in [0.4, 0.5) is 0 Å². The molecule has 1 rings (SSSR count). The second-order valence-corrected chi connectivity index (χ2v) is 14.4. The zero-order valence-electron chi connectivity index (χ0n) is 11.0. The van der Waals surface area contributed by atoms with Crippen molar-refractivity contribution in [3.8, 4) is 0 Å². The Bertz CT molecular complexity index is 117. The van der Waals surface area contributed by atoms with Crippen LogP contribution in [0.2, 0.25) is 14.8 Å². The van der Waals surface area contributed by atoms with E-state index in [1.54, 1.807) is 0 Å². The fourth-order valence-electron chi connectivity index (χ4n) is 2.05. The van der Waals surface area contributed by atoms with Gasteiger partial charge in [-0.2, -0.15) is 0 Å². The predicted molar refractivity (Wildman–Crippen MR) is 78.3 cm³/mol. The van der Waals surface area contributed by atoms with Crippen LogP contribution in [0.15, 0.2) is 0 Å². The van der Waals surface area contributed by atoms with Crippen LogP contribution in [0.25, 0.3) is 0 Å². The van der Waals surface area contributed by atoms with Crippen LogP contribution < -0.4 is 0 Å². The fourth-order valence-corrected chi connectivity index (χ4v) is 2.34. The van der Waals surface area contributed by atoms with Gasteiger partial charge in [-0.05, 0) is 18.5 Å². The maximum atomic E-state index is 2.82. The van der Waals surface area contributed by atoms with Gasteiger partial charge in [0.15, 0.2) is 0 Å². The average molecular weight is 336 g/mol. The van der Waals surface area contributed by atoms with Gasteiger partial charge < -0.3 is 0 Å². The first-order chi connectivity index (χ1) is 7.16. The average Bonchev–Trinajstić information content (AvgIpc) is 2.19. The van der Waals surface area contributed by atoms with Crippen molar-refractivity contribution < 1.29 is 0 Å². The Kier molecular flexibility index (Phi) is 12.7. The summed E-state index contributed by atoms with van der Waals surface area (Å²) >= 11 is -0.543. The minimum atomic E-state index is -0.543. The Balaban J connectivity index is 0.000000423. The Labute approximate surface area is 107 Å². The molecule has 0 aliphatic heterocycles. The molecule has 0 heterocycles. The number of unbranched alkanes of at least 4 members (excludes halogenated alkanes) is 1. The second-order valence-electron chi connectivity index (χ2n) is 5.29. The number of rotatable bonds is 4. The fraction of sp³-hybridized carbons (Fsp3) is 1.00. The topological polar surface area (TPSA) is 0 Å². The van der Waals surface area contributed by atoms with Crippen LogP contribution in [0.5, 0.6) is 0 Å². The normalized spacial score (nSPS) is 17.4. The molecule has 0 aromatic rings. The molecule has 1 radical (unpaired) electrons. The third-order valence-electron chi connectivity index (χ3n) is 2.79. The molecule has 0 bridgehead atoms. The van der Waals surface area contributed by atoms with E-state index in [2.05, 4.69) is 24.1 Å². The van der Waals surface area contributed by atoms with Crippen LogP contribution >= 0.6 is 9.24 Å². The van der Waals surface area contributed by atoms with Crippen molar-refractivity contribution in [2.45, 2.75) is 66.2 Å². The Morgan fingerprint density at radius 1 is 1.00 bits per heavy atom. The second kappa shape index (κ2) is 11.7. The maximum absolute atomic E-state index is 2.82. The van der Waals surface area contributed by atoms with Gasteiger partial charge in [0, 0.05) is 0 Å². The minimum absolute atomic E-state index is 0.543. The molecule has 0 spiro atoms. The summed E-state index contributed by atoms with van der Waals surface area (Å²) in [6.07, 6.45) is 13.3. The Morgan fingerprint density at radius 3 is 2.00 bits per heavy atom. The Hall–Kier alpha value is 1.23. The van der Waals surface area contributed by atoms with E-state index in [1.165, 1.54) is 57.5 Å². The molecule has 1 fully saturated rings. The third kappa shape index (κ3) is 13.2. The van der Waals surface area contributed by atoms with Gasteiger partial charge in [0.25, 0.3) is 0 Å². The Morgan fingerprint density at radius 2 is 1.53 bits per heavy atom. The first-order valence-corrected chi connectivity index (χ1v) is 16.0. The SMILES string of the molecule is PCCCCC1CCCCC1.[CH3][Sn]([CH3])[CH3]. The summed E-state index contributed by atoms with van der Waals surface area (Å²) < 4.78 is 0. The standard InChI is InChI=1S/C10H21P.3CH3.Sn/c11-9-5-4-8-10-6-2-1-3-7-10;;;;/h10H,1-9,11H2;3*1H3;. The zero-order chi connectivity index (χ0) is 11.5. The van der Waals surface area contributed by atoms with Gasteiger partial charge in [0.05, 0.1) is 0 Å². The molecule has 1 aliphatic carbocycles. The van der Waals surface area contributed by atoms with E-state index in [9.17, 15) is 0 Å². The molecule has 0 amide bonds. The van der Waals surface area contributed by atoms with Crippen molar-refractivity contribution in [1.29, 1.82) is 0 Å². The van der Waals surface area contributed by atoms with E-state index in [0.29, 0.717) is 0 Å². The van der Waals surface area contributed by atoms with Crippen molar-refractivity contribution in [2.24, 2.45) is 5.92 Å². The van der Waals surface area contributed by atoms with Crippen molar-refractivity contribution in [2.75, 3.05) is 6.16 Å². The molecule has 1 saturated carbocycles. The molecule has 2 heteroatoms. The van der Waals surface area contributed by atoms with Crippen molar-refractivity contribution in [3.63, 3.8) is 0 Å². The van der Waals surface area contributed by atoms with Crippen molar-refractivity contribution in [1.82, 2.24) is 0 Å². The first-order valence-electron chi connectivity index (χ1n) is 6.63. The zero-order valence-corrected chi connectivity index (χ0v) is 15.0. The van der Waals surface area contributed by atoms with E-state index in [0.717, 1.165) is 5.92 Å². The molecular weight excluding hydrogens is 306 g/mol. The van der Waals surface area contributed by atoms with Gasteiger partial charge in [0.1, 0.15) is 0 Å². The van der Waals surface area contributed by atoms with Crippen LogP contribution in [-0.4, -0.2) is 25.9 Å². The summed E-state index contributed by atoms with van der Waals surface area (Å²) in [7, 11) is 2.82. The van der Waals surface area contributed by atoms with E-state index in [1.807, 2.05) is 0 Å². The molecule has 0 N–H and O–H groups in total. The van der Waals surface area contributed by atoms with Crippen molar-refractivity contribution in [3.05, 3.63) is 0 Å². The quantitative estimate of drug-likeness (QED) is 0.386. The van der Waals surface area contributed by atoms with Gasteiger partial charge in [-0.3, -0.25) is 0 Å². The third-order valence-corrected chi connectivity index (χ3v) is 3.20.